The molecule has 0 saturated carbocycles. The van der Waals surface area contributed by atoms with Crippen LogP contribution >= 0.6 is 0 Å². The van der Waals surface area contributed by atoms with E-state index in [9.17, 15) is 0 Å². The third-order valence-electron chi connectivity index (χ3n) is 3.13. The van der Waals surface area contributed by atoms with E-state index >= 15 is 0 Å². The molecule has 15 heavy (non-hydrogen) atoms. The normalized spacial score (nSPS) is 26.8. The highest BCUT2D eigenvalue weighted by Crippen LogP contribution is 2.20. The molecule has 1 fully saturated rings. The first-order valence-corrected chi connectivity index (χ1v) is 6.13. The summed E-state index contributed by atoms with van der Waals surface area (Å²) in [6.07, 6.45) is 1.67. The highest BCUT2D eigenvalue weighted by atomic mass is 16.5. The van der Waals surface area contributed by atoms with Crippen molar-refractivity contribution in [2.24, 2.45) is 5.92 Å². The molecule has 0 aliphatic carbocycles. The molecule has 0 spiro atoms. The highest BCUT2D eigenvalue weighted by Gasteiger charge is 2.24. The third kappa shape index (κ3) is 4.96. The second-order valence-corrected chi connectivity index (χ2v) is 5.00. The average molecular weight is 214 g/mol. The molecular weight excluding hydrogens is 188 g/mol. The van der Waals surface area contributed by atoms with Gasteiger partial charge in [0.1, 0.15) is 0 Å². The van der Waals surface area contributed by atoms with Gasteiger partial charge < -0.3 is 15.0 Å². The number of nitrogens with zero attached hydrogens (tertiary/aromatic N) is 1. The summed E-state index contributed by atoms with van der Waals surface area (Å²) < 4.78 is 5.57. The van der Waals surface area contributed by atoms with Crippen LogP contribution in [0.5, 0.6) is 0 Å². The Balaban J connectivity index is 2.09. The van der Waals surface area contributed by atoms with Crippen LogP contribution in [0.4, 0.5) is 0 Å². The van der Waals surface area contributed by atoms with Gasteiger partial charge in [-0.05, 0) is 26.3 Å². The molecule has 0 aromatic carbocycles. The fourth-order valence-electron chi connectivity index (χ4n) is 2.05. The molecule has 0 aromatic heterocycles. The molecule has 0 amide bonds. The molecule has 1 rings (SSSR count). The second-order valence-electron chi connectivity index (χ2n) is 5.00. The zero-order chi connectivity index (χ0) is 11.3. The fraction of sp³-hybridized carbons (Fsp3) is 1.00. The van der Waals surface area contributed by atoms with Gasteiger partial charge in [-0.3, -0.25) is 0 Å². The van der Waals surface area contributed by atoms with Crippen LogP contribution in [0, 0.1) is 5.92 Å². The van der Waals surface area contributed by atoms with Crippen molar-refractivity contribution in [2.45, 2.75) is 39.3 Å². The monoisotopic (exact) mass is 214 g/mol. The smallest absolute Gasteiger partial charge is 0.0588 e. The predicted octanol–water partition coefficient (Wildman–Crippen LogP) is 1.34. The van der Waals surface area contributed by atoms with Gasteiger partial charge in [0.2, 0.25) is 0 Å². The lowest BCUT2D eigenvalue weighted by Gasteiger charge is -2.23. The fourth-order valence-corrected chi connectivity index (χ4v) is 2.05. The van der Waals surface area contributed by atoms with Crippen LogP contribution in [0.25, 0.3) is 0 Å². The maximum absolute atomic E-state index is 5.57. The lowest BCUT2D eigenvalue weighted by Crippen LogP contribution is -2.36. The van der Waals surface area contributed by atoms with Gasteiger partial charge in [-0.25, -0.2) is 0 Å². The highest BCUT2D eigenvalue weighted by molar-refractivity contribution is 4.75. The summed E-state index contributed by atoms with van der Waals surface area (Å²) >= 11 is 0. The van der Waals surface area contributed by atoms with Crippen molar-refractivity contribution in [3.8, 4) is 0 Å². The van der Waals surface area contributed by atoms with Crippen molar-refractivity contribution in [1.82, 2.24) is 10.2 Å². The van der Waals surface area contributed by atoms with Crippen molar-refractivity contribution in [3.63, 3.8) is 0 Å². The summed E-state index contributed by atoms with van der Waals surface area (Å²) in [6, 6.07) is 0.590. The third-order valence-corrected chi connectivity index (χ3v) is 3.13. The molecule has 90 valence electrons. The Hall–Kier alpha value is -0.120. The first-order chi connectivity index (χ1) is 7.09. The SMILES string of the molecule is CC(C)NCCN(C)CC1CCOC1C. The van der Waals surface area contributed by atoms with Gasteiger partial charge in [0.05, 0.1) is 6.10 Å². The van der Waals surface area contributed by atoms with E-state index in [4.69, 9.17) is 4.74 Å². The van der Waals surface area contributed by atoms with E-state index in [2.05, 4.69) is 38.0 Å². The zero-order valence-corrected chi connectivity index (χ0v) is 10.6. The van der Waals surface area contributed by atoms with E-state index in [1.54, 1.807) is 0 Å². The lowest BCUT2D eigenvalue weighted by molar-refractivity contribution is 0.0959. The summed E-state index contributed by atoms with van der Waals surface area (Å²) in [7, 11) is 2.20. The summed E-state index contributed by atoms with van der Waals surface area (Å²) in [6.45, 7) is 10.9. The van der Waals surface area contributed by atoms with Crippen molar-refractivity contribution in [3.05, 3.63) is 0 Å². The molecule has 3 nitrogen and oxygen atoms in total. The number of hydrogen-bond donors (Lipinski definition) is 1. The summed E-state index contributed by atoms with van der Waals surface area (Å²) in [5.74, 6) is 0.731. The Bertz CT molecular complexity index is 173. The van der Waals surface area contributed by atoms with E-state index in [-0.39, 0.29) is 0 Å². The van der Waals surface area contributed by atoms with Crippen LogP contribution in [0.3, 0.4) is 0 Å². The molecule has 0 bridgehead atoms. The largest absolute Gasteiger partial charge is 0.378 e. The first-order valence-electron chi connectivity index (χ1n) is 6.13. The maximum Gasteiger partial charge on any atom is 0.0588 e. The van der Waals surface area contributed by atoms with Gasteiger partial charge >= 0.3 is 0 Å². The molecule has 2 atom stereocenters. The van der Waals surface area contributed by atoms with Crippen LogP contribution in [0.2, 0.25) is 0 Å². The van der Waals surface area contributed by atoms with Crippen LogP contribution < -0.4 is 5.32 Å². The number of nitrogens with one attached hydrogen (secondary N) is 1. The second kappa shape index (κ2) is 6.46. The zero-order valence-electron chi connectivity index (χ0n) is 10.6. The number of rotatable bonds is 6. The molecule has 0 aromatic rings. The van der Waals surface area contributed by atoms with Crippen LogP contribution in [0.1, 0.15) is 27.2 Å². The molecule has 1 aliphatic heterocycles. The number of hydrogen-bond acceptors (Lipinski definition) is 3. The number of likely N-dealkylation sites (N-methyl/N-ethyl adjacent to an activating group) is 1. The van der Waals surface area contributed by atoms with Crippen LogP contribution in [-0.4, -0.2) is 50.3 Å². The van der Waals surface area contributed by atoms with Crippen molar-refractivity contribution in [1.29, 1.82) is 0 Å². The molecular formula is C12H26N2O. The molecule has 2 unspecified atom stereocenters. The van der Waals surface area contributed by atoms with E-state index in [0.717, 1.165) is 25.6 Å². The minimum atomic E-state index is 0.450. The lowest BCUT2D eigenvalue weighted by atomic mass is 10.0. The van der Waals surface area contributed by atoms with Crippen LogP contribution in [-0.2, 0) is 4.74 Å². The Labute approximate surface area is 94.2 Å². The summed E-state index contributed by atoms with van der Waals surface area (Å²) in [5.41, 5.74) is 0. The van der Waals surface area contributed by atoms with Crippen molar-refractivity contribution >= 4 is 0 Å². The standard InChI is InChI=1S/C12H26N2O/c1-10(2)13-6-7-14(4)9-12-5-8-15-11(12)3/h10-13H,5-9H2,1-4H3. The minimum absolute atomic E-state index is 0.450. The predicted molar refractivity (Wildman–Crippen MR) is 64.2 cm³/mol. The topological polar surface area (TPSA) is 24.5 Å². The quantitative estimate of drug-likeness (QED) is 0.722. The molecule has 1 saturated heterocycles. The van der Waals surface area contributed by atoms with Gasteiger partial charge in [-0.1, -0.05) is 13.8 Å². The Morgan fingerprint density at radius 2 is 2.20 bits per heavy atom. The Morgan fingerprint density at radius 1 is 1.47 bits per heavy atom. The molecule has 1 heterocycles. The van der Waals surface area contributed by atoms with E-state index < -0.39 is 0 Å². The average Bonchev–Trinajstić information content (AvgIpc) is 2.51. The van der Waals surface area contributed by atoms with E-state index in [0.29, 0.717) is 12.1 Å². The number of ether oxygens (including phenoxy) is 1. The molecule has 1 N–H and O–H groups in total. The Morgan fingerprint density at radius 3 is 2.73 bits per heavy atom. The van der Waals surface area contributed by atoms with Gasteiger partial charge in [0, 0.05) is 32.3 Å². The van der Waals surface area contributed by atoms with Gasteiger partial charge in [0.25, 0.3) is 0 Å². The Kier molecular flexibility index (Phi) is 5.58. The molecule has 3 heteroatoms. The van der Waals surface area contributed by atoms with E-state index in [1.807, 2.05) is 0 Å². The summed E-state index contributed by atoms with van der Waals surface area (Å²) in [4.78, 5) is 2.41. The van der Waals surface area contributed by atoms with Crippen molar-refractivity contribution in [2.75, 3.05) is 33.3 Å². The minimum Gasteiger partial charge on any atom is -0.378 e. The maximum atomic E-state index is 5.57. The van der Waals surface area contributed by atoms with Gasteiger partial charge in [-0.2, -0.15) is 0 Å². The van der Waals surface area contributed by atoms with E-state index in [1.165, 1.54) is 13.0 Å². The molecule has 1 aliphatic rings. The van der Waals surface area contributed by atoms with Gasteiger partial charge in [0.15, 0.2) is 0 Å². The van der Waals surface area contributed by atoms with Crippen LogP contribution in [0.15, 0.2) is 0 Å². The van der Waals surface area contributed by atoms with Gasteiger partial charge in [-0.15, -0.1) is 0 Å². The first kappa shape index (κ1) is 12.9. The summed E-state index contributed by atoms with van der Waals surface area (Å²) in [5, 5.41) is 3.44. The molecule has 0 radical (unpaired) electrons. The van der Waals surface area contributed by atoms with Crippen molar-refractivity contribution < 1.29 is 4.74 Å².